The lowest BCUT2D eigenvalue weighted by atomic mass is 9.92. The standard InChI is InChI=1S/C12H15F2N/c1-2-8-6-7-15-12(8)9-4-3-5-10(13)11(9)14/h3-5,8,12,15H,2,6-7H2,1H3. The van der Waals surface area contributed by atoms with Crippen LogP contribution in [0, 0.1) is 17.6 Å². The summed E-state index contributed by atoms with van der Waals surface area (Å²) in [5.41, 5.74) is 0.472. The summed E-state index contributed by atoms with van der Waals surface area (Å²) in [6.45, 7) is 2.97. The molecule has 0 spiro atoms. The van der Waals surface area contributed by atoms with Gasteiger partial charge in [-0.15, -0.1) is 0 Å². The molecule has 1 nitrogen and oxygen atoms in total. The zero-order chi connectivity index (χ0) is 10.8. The van der Waals surface area contributed by atoms with E-state index in [4.69, 9.17) is 0 Å². The number of rotatable bonds is 2. The van der Waals surface area contributed by atoms with Gasteiger partial charge in [0.15, 0.2) is 11.6 Å². The van der Waals surface area contributed by atoms with Crippen molar-refractivity contribution < 1.29 is 8.78 Å². The van der Waals surface area contributed by atoms with Gasteiger partial charge in [0.2, 0.25) is 0 Å². The average molecular weight is 211 g/mol. The minimum absolute atomic E-state index is 0.0225. The normalized spacial score (nSPS) is 25.8. The third kappa shape index (κ3) is 1.88. The Bertz CT molecular complexity index is 351. The predicted molar refractivity (Wildman–Crippen MR) is 55.5 cm³/mol. The van der Waals surface area contributed by atoms with Crippen molar-refractivity contribution in [3.05, 3.63) is 35.4 Å². The van der Waals surface area contributed by atoms with Gasteiger partial charge in [-0.2, -0.15) is 0 Å². The van der Waals surface area contributed by atoms with Crippen LogP contribution in [0.1, 0.15) is 31.4 Å². The Morgan fingerprint density at radius 2 is 2.20 bits per heavy atom. The lowest BCUT2D eigenvalue weighted by Gasteiger charge is -2.19. The lowest BCUT2D eigenvalue weighted by molar-refractivity contribution is 0.417. The van der Waals surface area contributed by atoms with E-state index in [2.05, 4.69) is 12.2 Å². The highest BCUT2D eigenvalue weighted by molar-refractivity contribution is 5.24. The molecule has 15 heavy (non-hydrogen) atoms. The monoisotopic (exact) mass is 211 g/mol. The van der Waals surface area contributed by atoms with Gasteiger partial charge in [0, 0.05) is 11.6 Å². The largest absolute Gasteiger partial charge is 0.310 e. The van der Waals surface area contributed by atoms with E-state index in [0.717, 1.165) is 25.5 Å². The maximum Gasteiger partial charge on any atom is 0.163 e. The highest BCUT2D eigenvalue weighted by atomic mass is 19.2. The third-order valence-corrected chi connectivity index (χ3v) is 3.19. The maximum absolute atomic E-state index is 13.5. The van der Waals surface area contributed by atoms with Crippen molar-refractivity contribution in [1.29, 1.82) is 0 Å². The number of hydrogen-bond donors (Lipinski definition) is 1. The number of benzene rings is 1. The van der Waals surface area contributed by atoms with Crippen molar-refractivity contribution in [1.82, 2.24) is 5.32 Å². The molecule has 1 N–H and O–H groups in total. The van der Waals surface area contributed by atoms with E-state index in [1.807, 2.05) is 0 Å². The zero-order valence-corrected chi connectivity index (χ0v) is 8.76. The van der Waals surface area contributed by atoms with Crippen molar-refractivity contribution in [3.63, 3.8) is 0 Å². The molecule has 2 rings (SSSR count). The molecular formula is C12H15F2N. The molecule has 0 aromatic heterocycles. The van der Waals surface area contributed by atoms with Gasteiger partial charge < -0.3 is 5.32 Å². The maximum atomic E-state index is 13.5. The molecule has 0 aliphatic carbocycles. The summed E-state index contributed by atoms with van der Waals surface area (Å²) in [6.07, 6.45) is 2.03. The smallest absolute Gasteiger partial charge is 0.163 e. The molecular weight excluding hydrogens is 196 g/mol. The number of nitrogens with one attached hydrogen (secondary N) is 1. The zero-order valence-electron chi connectivity index (χ0n) is 8.76. The molecule has 82 valence electrons. The van der Waals surface area contributed by atoms with E-state index < -0.39 is 11.6 Å². The molecule has 1 heterocycles. The summed E-state index contributed by atoms with van der Waals surface area (Å²) < 4.78 is 26.6. The summed E-state index contributed by atoms with van der Waals surface area (Å²) in [5, 5.41) is 3.24. The minimum atomic E-state index is -0.754. The second-order valence-electron chi connectivity index (χ2n) is 4.03. The van der Waals surface area contributed by atoms with Gasteiger partial charge in [0.1, 0.15) is 0 Å². The molecule has 0 amide bonds. The van der Waals surface area contributed by atoms with Gasteiger partial charge >= 0.3 is 0 Å². The van der Waals surface area contributed by atoms with Crippen LogP contribution >= 0.6 is 0 Å². The SMILES string of the molecule is CCC1CCNC1c1cccc(F)c1F. The fourth-order valence-electron chi connectivity index (χ4n) is 2.32. The Kier molecular flexibility index (Phi) is 3.00. The first-order valence-corrected chi connectivity index (χ1v) is 5.41. The molecule has 2 atom stereocenters. The van der Waals surface area contributed by atoms with Crippen molar-refractivity contribution in [2.75, 3.05) is 6.54 Å². The Labute approximate surface area is 88.5 Å². The van der Waals surface area contributed by atoms with Crippen LogP contribution < -0.4 is 5.32 Å². The molecule has 1 aromatic rings. The molecule has 2 unspecified atom stereocenters. The molecule has 1 fully saturated rings. The second-order valence-corrected chi connectivity index (χ2v) is 4.03. The summed E-state index contributed by atoms with van der Waals surface area (Å²) in [4.78, 5) is 0. The Morgan fingerprint density at radius 1 is 1.40 bits per heavy atom. The van der Waals surface area contributed by atoms with Gasteiger partial charge in [-0.05, 0) is 24.9 Å². The van der Waals surface area contributed by atoms with Crippen molar-refractivity contribution in [2.24, 2.45) is 5.92 Å². The van der Waals surface area contributed by atoms with Crippen LogP contribution in [-0.2, 0) is 0 Å². The van der Waals surface area contributed by atoms with Crippen LogP contribution in [0.4, 0.5) is 8.78 Å². The van der Waals surface area contributed by atoms with Crippen LogP contribution in [-0.4, -0.2) is 6.54 Å². The quantitative estimate of drug-likeness (QED) is 0.792. The van der Waals surface area contributed by atoms with Crippen LogP contribution in [0.25, 0.3) is 0 Å². The third-order valence-electron chi connectivity index (χ3n) is 3.19. The molecule has 1 saturated heterocycles. The highest BCUT2D eigenvalue weighted by Crippen LogP contribution is 2.33. The van der Waals surface area contributed by atoms with Crippen LogP contribution in [0.2, 0.25) is 0 Å². The molecule has 0 saturated carbocycles. The highest BCUT2D eigenvalue weighted by Gasteiger charge is 2.29. The van der Waals surface area contributed by atoms with Gasteiger partial charge in [0.25, 0.3) is 0 Å². The predicted octanol–water partition coefficient (Wildman–Crippen LogP) is 3.03. The van der Waals surface area contributed by atoms with Crippen LogP contribution in [0.15, 0.2) is 18.2 Å². The van der Waals surface area contributed by atoms with E-state index >= 15 is 0 Å². The van der Waals surface area contributed by atoms with E-state index in [1.54, 1.807) is 12.1 Å². The minimum Gasteiger partial charge on any atom is -0.310 e. The van der Waals surface area contributed by atoms with Gasteiger partial charge in [0.05, 0.1) is 0 Å². The molecule has 0 bridgehead atoms. The van der Waals surface area contributed by atoms with Crippen molar-refractivity contribution in [3.8, 4) is 0 Å². The number of halogens is 2. The Morgan fingerprint density at radius 3 is 2.93 bits per heavy atom. The molecule has 3 heteroatoms. The molecule has 0 radical (unpaired) electrons. The fourth-order valence-corrected chi connectivity index (χ4v) is 2.32. The first kappa shape index (κ1) is 10.6. The summed E-state index contributed by atoms with van der Waals surface area (Å²) >= 11 is 0. The van der Waals surface area contributed by atoms with E-state index in [-0.39, 0.29) is 6.04 Å². The first-order chi connectivity index (χ1) is 7.24. The van der Waals surface area contributed by atoms with Crippen molar-refractivity contribution >= 4 is 0 Å². The summed E-state index contributed by atoms with van der Waals surface area (Å²) in [6, 6.07) is 4.38. The summed E-state index contributed by atoms with van der Waals surface area (Å²) in [5.74, 6) is -1.03. The van der Waals surface area contributed by atoms with Crippen LogP contribution in [0.5, 0.6) is 0 Å². The first-order valence-electron chi connectivity index (χ1n) is 5.41. The average Bonchev–Trinajstić information content (AvgIpc) is 2.70. The molecule has 1 aliphatic heterocycles. The van der Waals surface area contributed by atoms with Gasteiger partial charge in [-0.25, -0.2) is 8.78 Å². The van der Waals surface area contributed by atoms with Gasteiger partial charge in [-0.3, -0.25) is 0 Å². The Hall–Kier alpha value is -0.960. The van der Waals surface area contributed by atoms with Gasteiger partial charge in [-0.1, -0.05) is 25.5 Å². The second kappa shape index (κ2) is 4.27. The lowest BCUT2D eigenvalue weighted by Crippen LogP contribution is -2.19. The Balaban J connectivity index is 2.32. The van der Waals surface area contributed by atoms with Crippen molar-refractivity contribution in [2.45, 2.75) is 25.8 Å². The van der Waals surface area contributed by atoms with Crippen LogP contribution in [0.3, 0.4) is 0 Å². The van der Waals surface area contributed by atoms with E-state index in [9.17, 15) is 8.78 Å². The molecule has 1 aromatic carbocycles. The fraction of sp³-hybridized carbons (Fsp3) is 0.500. The molecule has 1 aliphatic rings. The number of hydrogen-bond acceptors (Lipinski definition) is 1. The topological polar surface area (TPSA) is 12.0 Å². The van der Waals surface area contributed by atoms with E-state index in [1.165, 1.54) is 0 Å². The van der Waals surface area contributed by atoms with E-state index in [0.29, 0.717) is 11.5 Å². The summed E-state index contributed by atoms with van der Waals surface area (Å²) in [7, 11) is 0.